The molecule has 0 fully saturated rings. The van der Waals surface area contributed by atoms with Crippen molar-refractivity contribution >= 4 is 29.6 Å². The molecule has 1 aliphatic rings. The van der Waals surface area contributed by atoms with Crippen molar-refractivity contribution in [3.8, 4) is 11.5 Å². The molecule has 0 saturated heterocycles. The number of ether oxygens (including phenoxy) is 2. The third-order valence-corrected chi connectivity index (χ3v) is 10.1. The summed E-state index contributed by atoms with van der Waals surface area (Å²) in [5.74, 6) is -2.85. The van der Waals surface area contributed by atoms with Crippen molar-refractivity contribution in [2.24, 2.45) is 5.92 Å². The van der Waals surface area contributed by atoms with Crippen LogP contribution in [-0.4, -0.2) is 97.8 Å². The van der Waals surface area contributed by atoms with Crippen LogP contribution in [0.5, 0.6) is 11.5 Å². The van der Waals surface area contributed by atoms with Crippen LogP contribution in [0.4, 0.5) is 0 Å². The normalized spacial score (nSPS) is 17.7. The Morgan fingerprint density at radius 1 is 0.852 bits per heavy atom. The van der Waals surface area contributed by atoms with Gasteiger partial charge in [0.25, 0.3) is 5.91 Å². The van der Waals surface area contributed by atoms with Gasteiger partial charge in [0.05, 0.1) is 26.2 Å². The lowest BCUT2D eigenvalue weighted by Crippen LogP contribution is -2.44. The number of amides is 4. The number of hydrogen-bond acceptors (Lipinski definition) is 8. The fourth-order valence-corrected chi connectivity index (χ4v) is 7.08. The number of carboxylic acid groups (broad SMARTS) is 1. The van der Waals surface area contributed by atoms with E-state index in [0.717, 1.165) is 5.56 Å². The van der Waals surface area contributed by atoms with E-state index in [1.807, 2.05) is 35.2 Å². The zero-order valence-corrected chi connectivity index (χ0v) is 32.0. The van der Waals surface area contributed by atoms with Crippen molar-refractivity contribution in [3.05, 3.63) is 95.1 Å². The Balaban J connectivity index is 1.80. The van der Waals surface area contributed by atoms with E-state index in [4.69, 9.17) is 9.47 Å². The predicted molar refractivity (Wildman–Crippen MR) is 203 cm³/mol. The Morgan fingerprint density at radius 3 is 2.17 bits per heavy atom. The minimum atomic E-state index is -1.32. The number of carbonyl (C=O) groups excluding carboxylic acids is 5. The highest BCUT2D eigenvalue weighted by molar-refractivity contribution is 5.94. The van der Waals surface area contributed by atoms with E-state index >= 15 is 0 Å². The standard InChI is InChI=1S/C42H54N4O8/c1-29(42(51)52)39-34-17-20-38(54-5)36(28-34)37(27-32-15-18-35(53-4)19-16-32)41(50)45(24-11-21-43-40(49)33-13-7-6-8-14-33)23-10-9-22-44(30(2)47)25-12-26-46(39)31(3)48/h6-8,13-20,28-29,37,39H,9-12,21-27H2,1-5H3,(H,43,49)(H,51,52)/p-1. The molecule has 2 bridgehead atoms. The van der Waals surface area contributed by atoms with Crippen LogP contribution in [-0.2, 0) is 25.6 Å². The molecule has 1 heterocycles. The van der Waals surface area contributed by atoms with Gasteiger partial charge in [0.1, 0.15) is 11.5 Å². The van der Waals surface area contributed by atoms with Crippen molar-refractivity contribution < 1.29 is 38.6 Å². The number of carbonyl (C=O) groups is 5. The average Bonchev–Trinajstić information content (AvgIpc) is 3.17. The van der Waals surface area contributed by atoms with Crippen LogP contribution in [0.25, 0.3) is 0 Å². The molecule has 3 aromatic rings. The lowest BCUT2D eigenvalue weighted by Gasteiger charge is -2.37. The molecule has 54 heavy (non-hydrogen) atoms. The van der Waals surface area contributed by atoms with Crippen molar-refractivity contribution in [2.45, 2.75) is 64.8 Å². The van der Waals surface area contributed by atoms with Gasteiger partial charge >= 0.3 is 0 Å². The second-order valence-electron chi connectivity index (χ2n) is 13.7. The van der Waals surface area contributed by atoms with Crippen molar-refractivity contribution in [2.75, 3.05) is 53.5 Å². The lowest BCUT2D eigenvalue weighted by atomic mass is 9.85. The molecule has 3 atom stereocenters. The van der Waals surface area contributed by atoms with E-state index in [2.05, 4.69) is 5.32 Å². The maximum atomic E-state index is 15.0. The molecule has 3 unspecified atom stereocenters. The monoisotopic (exact) mass is 741 g/mol. The molecule has 0 radical (unpaired) electrons. The summed E-state index contributed by atoms with van der Waals surface area (Å²) in [5.41, 5.74) is 2.51. The number of fused-ring (bicyclic) bond motifs is 2. The van der Waals surface area contributed by atoms with Crippen molar-refractivity contribution in [1.82, 2.24) is 20.0 Å². The quantitative estimate of drug-likeness (QED) is 0.290. The summed E-state index contributed by atoms with van der Waals surface area (Å²) in [5, 5.41) is 15.4. The first kappa shape index (κ1) is 41.4. The Kier molecular flexibility index (Phi) is 15.5. The summed E-state index contributed by atoms with van der Waals surface area (Å²) in [7, 11) is 3.11. The first-order chi connectivity index (χ1) is 25.9. The average molecular weight is 742 g/mol. The molecule has 0 aliphatic carbocycles. The fraction of sp³-hybridized carbons (Fsp3) is 0.452. The number of nitrogens with one attached hydrogen (secondary N) is 1. The highest BCUT2D eigenvalue weighted by atomic mass is 16.5. The van der Waals surface area contributed by atoms with Gasteiger partial charge in [0.15, 0.2) is 0 Å². The van der Waals surface area contributed by atoms with Crippen molar-refractivity contribution in [3.63, 3.8) is 0 Å². The van der Waals surface area contributed by atoms with Gasteiger partial charge in [0.2, 0.25) is 17.7 Å². The largest absolute Gasteiger partial charge is 0.550 e. The van der Waals surface area contributed by atoms with Crippen molar-refractivity contribution in [1.29, 1.82) is 0 Å². The number of nitrogens with zero attached hydrogens (tertiary/aromatic N) is 3. The molecule has 290 valence electrons. The Bertz CT molecular complexity index is 1730. The van der Waals surface area contributed by atoms with Crippen LogP contribution in [0.15, 0.2) is 72.8 Å². The number of benzene rings is 3. The maximum absolute atomic E-state index is 15.0. The molecule has 3 aromatic carbocycles. The third-order valence-electron chi connectivity index (χ3n) is 10.1. The number of methoxy groups -OCH3 is 2. The van der Waals surface area contributed by atoms with Gasteiger partial charge in [-0.3, -0.25) is 19.2 Å². The number of hydrogen-bond donors (Lipinski definition) is 1. The Labute approximate surface area is 318 Å². The SMILES string of the molecule is COc1ccc(CC2C(=O)N(CCCNC(=O)c3ccccc3)CCCCN(C(C)=O)CCCN(C(C)=O)C(C(C)C(=O)[O-])c3ccc(OC)c2c3)cc1. The first-order valence-corrected chi connectivity index (χ1v) is 18.6. The van der Waals surface area contributed by atoms with Gasteiger partial charge in [-0.05, 0) is 79.6 Å². The second-order valence-corrected chi connectivity index (χ2v) is 13.7. The number of rotatable bonds is 11. The van der Waals surface area contributed by atoms with Crippen LogP contribution < -0.4 is 19.9 Å². The van der Waals surface area contributed by atoms with E-state index in [1.54, 1.807) is 54.5 Å². The Hall–Kier alpha value is -5.39. The smallest absolute Gasteiger partial charge is 0.251 e. The first-order valence-electron chi connectivity index (χ1n) is 18.6. The number of carboxylic acids is 1. The Morgan fingerprint density at radius 2 is 1.54 bits per heavy atom. The van der Waals surface area contributed by atoms with Gasteiger partial charge in [-0.1, -0.05) is 43.3 Å². The molecule has 4 rings (SSSR count). The van der Waals surface area contributed by atoms with E-state index < -0.39 is 23.8 Å². The molecule has 0 aromatic heterocycles. The molecule has 12 heteroatoms. The summed E-state index contributed by atoms with van der Waals surface area (Å²) >= 11 is 0. The van der Waals surface area contributed by atoms with Crippen LogP contribution in [0.2, 0.25) is 0 Å². The topological polar surface area (TPSA) is 149 Å². The fourth-order valence-electron chi connectivity index (χ4n) is 7.08. The molecular weight excluding hydrogens is 688 g/mol. The molecule has 1 N–H and O–H groups in total. The van der Waals surface area contributed by atoms with E-state index in [-0.39, 0.29) is 30.2 Å². The summed E-state index contributed by atoms with van der Waals surface area (Å²) in [6.45, 7) is 6.60. The highest BCUT2D eigenvalue weighted by Gasteiger charge is 2.33. The van der Waals surface area contributed by atoms with E-state index in [9.17, 15) is 29.1 Å². The third kappa shape index (κ3) is 11.1. The zero-order valence-electron chi connectivity index (χ0n) is 32.0. The van der Waals surface area contributed by atoms with Gasteiger partial charge in [0, 0.05) is 76.1 Å². The van der Waals surface area contributed by atoms with Gasteiger partial charge in [-0.15, -0.1) is 0 Å². The highest BCUT2D eigenvalue weighted by Crippen LogP contribution is 2.37. The molecule has 1 aliphatic heterocycles. The second kappa shape index (κ2) is 20.2. The minimum absolute atomic E-state index is 0.105. The molecule has 4 amide bonds. The van der Waals surface area contributed by atoms with Crippen LogP contribution in [0, 0.1) is 5.92 Å². The van der Waals surface area contributed by atoms with E-state index in [0.29, 0.717) is 93.0 Å². The number of aliphatic carboxylic acids is 1. The minimum Gasteiger partial charge on any atom is -0.550 e. The molecule has 0 spiro atoms. The summed E-state index contributed by atoms with van der Waals surface area (Å²) < 4.78 is 11.2. The van der Waals surface area contributed by atoms with E-state index in [1.165, 1.54) is 32.8 Å². The summed E-state index contributed by atoms with van der Waals surface area (Å²) in [6.07, 6.45) is 2.49. The molecule has 0 saturated carbocycles. The summed E-state index contributed by atoms with van der Waals surface area (Å²) in [4.78, 5) is 71.1. The lowest BCUT2D eigenvalue weighted by molar-refractivity contribution is -0.312. The van der Waals surface area contributed by atoms with Crippen LogP contribution >= 0.6 is 0 Å². The van der Waals surface area contributed by atoms with Crippen LogP contribution in [0.3, 0.4) is 0 Å². The predicted octanol–water partition coefficient (Wildman–Crippen LogP) is 3.99. The van der Waals surface area contributed by atoms with Gasteiger partial charge < -0.3 is 39.4 Å². The van der Waals surface area contributed by atoms with Gasteiger partial charge in [-0.25, -0.2) is 0 Å². The summed E-state index contributed by atoms with van der Waals surface area (Å²) in [6, 6.07) is 20.7. The zero-order chi connectivity index (χ0) is 39.2. The molecular formula is C42H53N4O8-. The van der Waals surface area contributed by atoms with Crippen LogP contribution in [0.1, 0.15) is 85.5 Å². The molecule has 12 nitrogen and oxygen atoms in total. The van der Waals surface area contributed by atoms with Gasteiger partial charge in [-0.2, -0.15) is 0 Å². The maximum Gasteiger partial charge on any atom is 0.251 e.